The van der Waals surface area contributed by atoms with Crippen LogP contribution >= 0.6 is 0 Å². The van der Waals surface area contributed by atoms with Crippen molar-refractivity contribution in [2.45, 2.75) is 26.4 Å². The van der Waals surface area contributed by atoms with Crippen molar-refractivity contribution in [1.82, 2.24) is 4.90 Å². The largest absolute Gasteiger partial charge is 0.497 e. The summed E-state index contributed by atoms with van der Waals surface area (Å²) in [5, 5.41) is 3.19. The zero-order valence-corrected chi connectivity index (χ0v) is 19.6. The van der Waals surface area contributed by atoms with Crippen LogP contribution < -0.4 is 14.8 Å². The average Bonchev–Trinajstić information content (AvgIpc) is 3.08. The summed E-state index contributed by atoms with van der Waals surface area (Å²) in [4.78, 5) is 28.1. The molecule has 1 aliphatic heterocycles. The lowest BCUT2D eigenvalue weighted by atomic mass is 10.0. The van der Waals surface area contributed by atoms with E-state index in [0.717, 1.165) is 11.3 Å². The van der Waals surface area contributed by atoms with Gasteiger partial charge in [0.25, 0.3) is 11.8 Å². The lowest BCUT2D eigenvalue weighted by Crippen LogP contribution is -2.34. The molecule has 34 heavy (non-hydrogen) atoms. The van der Waals surface area contributed by atoms with Gasteiger partial charge in [0.05, 0.1) is 18.8 Å². The summed E-state index contributed by atoms with van der Waals surface area (Å²) >= 11 is 0. The molecule has 6 heteroatoms. The molecule has 174 valence electrons. The predicted octanol–water partition coefficient (Wildman–Crippen LogP) is 4.92. The maximum Gasteiger partial charge on any atom is 0.278 e. The number of hydrogen-bond donors (Lipinski definition) is 1. The van der Waals surface area contributed by atoms with Crippen molar-refractivity contribution >= 4 is 23.1 Å². The third-order valence-electron chi connectivity index (χ3n) is 5.51. The fourth-order valence-corrected chi connectivity index (χ4v) is 3.84. The van der Waals surface area contributed by atoms with Crippen LogP contribution in [0.1, 0.15) is 25.0 Å². The molecule has 0 saturated heterocycles. The molecule has 0 spiro atoms. The molecule has 2 amide bonds. The number of methoxy groups -OCH3 is 1. The highest BCUT2D eigenvalue weighted by molar-refractivity contribution is 6.36. The van der Waals surface area contributed by atoms with E-state index >= 15 is 0 Å². The van der Waals surface area contributed by atoms with Crippen LogP contribution in [0.25, 0.3) is 5.57 Å². The first-order valence-electron chi connectivity index (χ1n) is 11.3. The van der Waals surface area contributed by atoms with E-state index in [-0.39, 0.29) is 23.6 Å². The number of rotatable bonds is 9. The summed E-state index contributed by atoms with van der Waals surface area (Å²) in [6.45, 7) is 4.23. The van der Waals surface area contributed by atoms with Gasteiger partial charge in [-0.15, -0.1) is 0 Å². The minimum Gasteiger partial charge on any atom is -0.497 e. The van der Waals surface area contributed by atoms with E-state index in [1.165, 1.54) is 4.90 Å². The van der Waals surface area contributed by atoms with E-state index in [9.17, 15) is 9.59 Å². The maximum absolute atomic E-state index is 13.4. The lowest BCUT2D eigenvalue weighted by molar-refractivity contribution is -0.136. The average molecular weight is 457 g/mol. The molecule has 4 rings (SSSR count). The molecule has 1 aliphatic rings. The molecule has 3 aromatic rings. The highest BCUT2D eigenvalue weighted by Crippen LogP contribution is 2.32. The van der Waals surface area contributed by atoms with Gasteiger partial charge in [0.2, 0.25) is 0 Å². The summed E-state index contributed by atoms with van der Waals surface area (Å²) in [6.07, 6.45) is 0.651. The van der Waals surface area contributed by atoms with Crippen molar-refractivity contribution in [1.29, 1.82) is 0 Å². The van der Waals surface area contributed by atoms with Gasteiger partial charge in [-0.05, 0) is 67.8 Å². The highest BCUT2D eigenvalue weighted by atomic mass is 16.5. The Hall–Kier alpha value is -4.06. The van der Waals surface area contributed by atoms with Crippen molar-refractivity contribution in [3.63, 3.8) is 0 Å². The first-order valence-corrected chi connectivity index (χ1v) is 11.3. The standard InChI is InChI=1S/C28H28N2O4/c1-19(2)34-24-15-11-22(12-16-24)29-26-25(21-9-13-23(33-3)14-10-21)27(31)30(28(26)32)18-17-20-7-5-4-6-8-20/h4-16,19,29H,17-18H2,1-3H3. The maximum atomic E-state index is 13.4. The Morgan fingerprint density at radius 3 is 2.09 bits per heavy atom. The Morgan fingerprint density at radius 2 is 1.47 bits per heavy atom. The SMILES string of the molecule is COc1ccc(C2=C(Nc3ccc(OC(C)C)cc3)C(=O)N(CCc3ccccc3)C2=O)cc1. The Morgan fingerprint density at radius 1 is 0.824 bits per heavy atom. The Labute approximate surface area is 199 Å². The molecule has 0 aromatic heterocycles. The summed E-state index contributed by atoms with van der Waals surface area (Å²) in [7, 11) is 1.59. The number of nitrogens with zero attached hydrogens (tertiary/aromatic N) is 1. The fraction of sp³-hybridized carbons (Fsp3) is 0.214. The Bertz CT molecular complexity index is 1180. The molecule has 0 bridgehead atoms. The summed E-state index contributed by atoms with van der Waals surface area (Å²) < 4.78 is 10.9. The fourth-order valence-electron chi connectivity index (χ4n) is 3.84. The van der Waals surface area contributed by atoms with Crippen molar-refractivity contribution in [2.75, 3.05) is 19.0 Å². The number of imide groups is 1. The number of amides is 2. The van der Waals surface area contributed by atoms with E-state index in [0.29, 0.717) is 35.5 Å². The quantitative estimate of drug-likeness (QED) is 0.463. The van der Waals surface area contributed by atoms with Crippen LogP contribution in [-0.2, 0) is 16.0 Å². The molecule has 0 radical (unpaired) electrons. The number of benzene rings is 3. The summed E-state index contributed by atoms with van der Waals surface area (Å²) in [5.41, 5.74) is 3.03. The summed E-state index contributed by atoms with van der Waals surface area (Å²) in [5.74, 6) is 0.767. The molecule has 1 heterocycles. The van der Waals surface area contributed by atoms with Crippen LogP contribution in [0.4, 0.5) is 5.69 Å². The van der Waals surface area contributed by atoms with Gasteiger partial charge in [-0.2, -0.15) is 0 Å². The van der Waals surface area contributed by atoms with E-state index in [4.69, 9.17) is 9.47 Å². The zero-order valence-electron chi connectivity index (χ0n) is 19.6. The van der Waals surface area contributed by atoms with E-state index in [1.54, 1.807) is 31.4 Å². The van der Waals surface area contributed by atoms with E-state index in [1.807, 2.05) is 68.4 Å². The van der Waals surface area contributed by atoms with Crippen LogP contribution in [0.2, 0.25) is 0 Å². The molecule has 0 fully saturated rings. The molecule has 0 atom stereocenters. The number of ether oxygens (including phenoxy) is 2. The molecule has 1 N–H and O–H groups in total. The normalized spacial score (nSPS) is 13.6. The minimum atomic E-state index is -0.339. The van der Waals surface area contributed by atoms with Crippen molar-refractivity contribution in [2.24, 2.45) is 0 Å². The van der Waals surface area contributed by atoms with Gasteiger partial charge in [-0.3, -0.25) is 14.5 Å². The molecule has 6 nitrogen and oxygen atoms in total. The highest BCUT2D eigenvalue weighted by Gasteiger charge is 2.39. The van der Waals surface area contributed by atoms with Gasteiger partial charge < -0.3 is 14.8 Å². The van der Waals surface area contributed by atoms with Gasteiger partial charge in [-0.1, -0.05) is 42.5 Å². The van der Waals surface area contributed by atoms with Crippen LogP contribution in [0, 0.1) is 0 Å². The van der Waals surface area contributed by atoms with Crippen molar-refractivity contribution in [3.05, 3.63) is 95.7 Å². The topological polar surface area (TPSA) is 67.9 Å². The van der Waals surface area contributed by atoms with E-state index < -0.39 is 0 Å². The van der Waals surface area contributed by atoms with Crippen LogP contribution in [0.3, 0.4) is 0 Å². The second-order valence-electron chi connectivity index (χ2n) is 8.29. The number of nitrogens with one attached hydrogen (secondary N) is 1. The van der Waals surface area contributed by atoms with Crippen LogP contribution in [0.15, 0.2) is 84.6 Å². The van der Waals surface area contributed by atoms with Gasteiger partial charge >= 0.3 is 0 Å². The second-order valence-corrected chi connectivity index (χ2v) is 8.29. The zero-order chi connectivity index (χ0) is 24.1. The van der Waals surface area contributed by atoms with Gasteiger partial charge in [0.1, 0.15) is 17.2 Å². The summed E-state index contributed by atoms with van der Waals surface area (Å²) in [6, 6.07) is 24.3. The second kappa shape index (κ2) is 10.3. The predicted molar refractivity (Wildman–Crippen MR) is 133 cm³/mol. The molecule has 0 saturated carbocycles. The lowest BCUT2D eigenvalue weighted by Gasteiger charge is -2.15. The smallest absolute Gasteiger partial charge is 0.278 e. The van der Waals surface area contributed by atoms with Gasteiger partial charge in [0, 0.05) is 12.2 Å². The number of hydrogen-bond acceptors (Lipinski definition) is 5. The van der Waals surface area contributed by atoms with Gasteiger partial charge in [0.15, 0.2) is 0 Å². The third-order valence-corrected chi connectivity index (χ3v) is 5.51. The van der Waals surface area contributed by atoms with Gasteiger partial charge in [-0.25, -0.2) is 0 Å². The molecular formula is C28H28N2O4. The van der Waals surface area contributed by atoms with E-state index in [2.05, 4.69) is 5.32 Å². The third kappa shape index (κ3) is 5.12. The first kappa shape index (κ1) is 23.1. The molecule has 3 aromatic carbocycles. The number of anilines is 1. The first-order chi connectivity index (χ1) is 16.5. The minimum absolute atomic E-state index is 0.0652. The number of carbonyl (C=O) groups excluding carboxylic acids is 2. The van der Waals surface area contributed by atoms with Crippen LogP contribution in [0.5, 0.6) is 11.5 Å². The Balaban J connectivity index is 1.63. The molecule has 0 aliphatic carbocycles. The van der Waals surface area contributed by atoms with Crippen molar-refractivity contribution in [3.8, 4) is 11.5 Å². The van der Waals surface area contributed by atoms with Crippen LogP contribution in [-0.4, -0.2) is 36.5 Å². The molecule has 0 unspecified atom stereocenters. The number of carbonyl (C=O) groups is 2. The molecular weight excluding hydrogens is 428 g/mol. The van der Waals surface area contributed by atoms with Crippen molar-refractivity contribution < 1.29 is 19.1 Å². The Kier molecular flexibility index (Phi) is 6.97. The monoisotopic (exact) mass is 456 g/mol.